The largest absolute Gasteiger partial charge is 0.353 e. The zero-order chi connectivity index (χ0) is 25.0. The number of benzene rings is 1. The zero-order valence-electron chi connectivity index (χ0n) is 20.6. The number of hydrogen-bond acceptors (Lipinski definition) is 5. The number of likely N-dealkylation sites (tertiary alicyclic amines) is 1. The van der Waals surface area contributed by atoms with Crippen LogP contribution in [0, 0.1) is 34.6 Å². The van der Waals surface area contributed by atoms with Crippen LogP contribution < -0.4 is 10.0 Å². The zero-order valence-corrected chi connectivity index (χ0v) is 21.4. The lowest BCUT2D eigenvalue weighted by Gasteiger charge is -2.32. The number of nitrogens with one attached hydrogen (secondary N) is 2. The lowest BCUT2D eigenvalue weighted by molar-refractivity contribution is -0.121. The van der Waals surface area contributed by atoms with Gasteiger partial charge in [0, 0.05) is 50.1 Å². The van der Waals surface area contributed by atoms with Crippen molar-refractivity contribution in [3.63, 3.8) is 0 Å². The van der Waals surface area contributed by atoms with Gasteiger partial charge in [0.25, 0.3) is 5.91 Å². The second kappa shape index (κ2) is 10.7. The Bertz CT molecular complexity index is 1140. The van der Waals surface area contributed by atoms with Crippen molar-refractivity contribution in [3.8, 4) is 0 Å². The summed E-state index contributed by atoms with van der Waals surface area (Å²) in [6, 6.07) is 3.36. The predicted octanol–water partition coefficient (Wildman–Crippen LogP) is 2.71. The van der Waals surface area contributed by atoms with Gasteiger partial charge in [-0.25, -0.2) is 13.1 Å². The Morgan fingerprint density at radius 1 is 0.941 bits per heavy atom. The minimum atomic E-state index is -3.73. The first kappa shape index (κ1) is 25.8. The molecule has 3 rings (SSSR count). The van der Waals surface area contributed by atoms with E-state index in [4.69, 9.17) is 0 Å². The van der Waals surface area contributed by atoms with Crippen molar-refractivity contribution in [2.24, 2.45) is 0 Å². The van der Waals surface area contributed by atoms with Crippen LogP contribution in [-0.4, -0.2) is 55.8 Å². The molecule has 1 aromatic carbocycles. The number of nitrogens with zero attached hydrogens (tertiary/aromatic N) is 2. The summed E-state index contributed by atoms with van der Waals surface area (Å²) >= 11 is 0. The van der Waals surface area contributed by atoms with Crippen LogP contribution in [0.1, 0.15) is 57.4 Å². The Hall–Kier alpha value is -2.78. The van der Waals surface area contributed by atoms with Crippen LogP contribution in [0.3, 0.4) is 0 Å². The molecule has 2 amide bonds. The normalized spacial score (nSPS) is 14.8. The second-order valence-corrected chi connectivity index (χ2v) is 10.7. The third-order valence-corrected chi connectivity index (χ3v) is 8.65. The van der Waals surface area contributed by atoms with Crippen LogP contribution in [-0.2, 0) is 14.8 Å². The second-order valence-electron chi connectivity index (χ2n) is 8.97. The average molecular weight is 487 g/mol. The van der Waals surface area contributed by atoms with E-state index < -0.39 is 10.0 Å². The number of rotatable bonds is 7. The molecule has 0 bridgehead atoms. The van der Waals surface area contributed by atoms with Crippen LogP contribution in [0.15, 0.2) is 29.4 Å². The third kappa shape index (κ3) is 5.64. The molecule has 2 aromatic rings. The van der Waals surface area contributed by atoms with Gasteiger partial charge in [0.05, 0.1) is 4.90 Å². The molecule has 0 radical (unpaired) electrons. The number of aromatic nitrogens is 1. The fraction of sp³-hybridized carbons (Fsp3) is 0.480. The minimum Gasteiger partial charge on any atom is -0.353 e. The van der Waals surface area contributed by atoms with Gasteiger partial charge in [0.15, 0.2) is 0 Å². The van der Waals surface area contributed by atoms with Gasteiger partial charge in [-0.3, -0.25) is 14.6 Å². The van der Waals surface area contributed by atoms with Gasteiger partial charge in [0.2, 0.25) is 15.9 Å². The molecule has 0 unspecified atom stereocenters. The predicted molar refractivity (Wildman–Crippen MR) is 131 cm³/mol. The van der Waals surface area contributed by atoms with Crippen LogP contribution in [0.2, 0.25) is 0 Å². The number of carbonyl (C=O) groups excluding carboxylic acids is 2. The Morgan fingerprint density at radius 3 is 2.03 bits per heavy atom. The molecule has 9 heteroatoms. The number of sulfonamides is 1. The van der Waals surface area contributed by atoms with Crippen molar-refractivity contribution in [1.82, 2.24) is 19.9 Å². The molecule has 0 spiro atoms. The standard InChI is InChI=1S/C25H34N4O4S/c1-16-17(2)19(4)24(20(5)18(16)3)34(32,33)27-13-8-23(30)28-22-9-14-29(15-10-22)25(31)21-6-11-26-12-7-21/h6-7,11-12,22,27H,8-10,13-15H2,1-5H3,(H,28,30). The van der Waals surface area contributed by atoms with Gasteiger partial charge < -0.3 is 10.2 Å². The Balaban J connectivity index is 1.50. The number of piperidine rings is 1. The Morgan fingerprint density at radius 2 is 1.47 bits per heavy atom. The molecule has 1 aliphatic heterocycles. The van der Waals surface area contributed by atoms with Crippen LogP contribution >= 0.6 is 0 Å². The average Bonchev–Trinajstić information content (AvgIpc) is 2.82. The van der Waals surface area contributed by atoms with E-state index >= 15 is 0 Å². The maximum absolute atomic E-state index is 13.0. The summed E-state index contributed by atoms with van der Waals surface area (Å²) in [5, 5.41) is 2.97. The van der Waals surface area contributed by atoms with Gasteiger partial charge in [-0.15, -0.1) is 0 Å². The summed E-state index contributed by atoms with van der Waals surface area (Å²) in [7, 11) is -3.73. The molecule has 1 saturated heterocycles. The number of amides is 2. The van der Waals surface area contributed by atoms with E-state index in [0.717, 1.165) is 27.8 Å². The molecule has 34 heavy (non-hydrogen) atoms. The topological polar surface area (TPSA) is 108 Å². The van der Waals surface area contributed by atoms with Crippen molar-refractivity contribution in [2.45, 2.75) is 64.8 Å². The van der Waals surface area contributed by atoms with Crippen LogP contribution in [0.4, 0.5) is 0 Å². The van der Waals surface area contributed by atoms with Crippen molar-refractivity contribution in [3.05, 3.63) is 57.9 Å². The van der Waals surface area contributed by atoms with E-state index in [-0.39, 0.29) is 30.8 Å². The smallest absolute Gasteiger partial charge is 0.253 e. The quantitative estimate of drug-likeness (QED) is 0.626. The molecule has 0 saturated carbocycles. The lowest BCUT2D eigenvalue weighted by atomic mass is 9.95. The van der Waals surface area contributed by atoms with Gasteiger partial charge in [-0.2, -0.15) is 0 Å². The van der Waals surface area contributed by atoms with Gasteiger partial charge in [0.1, 0.15) is 0 Å². The highest BCUT2D eigenvalue weighted by Gasteiger charge is 2.26. The Kier molecular flexibility index (Phi) is 8.09. The maximum Gasteiger partial charge on any atom is 0.253 e. The first-order chi connectivity index (χ1) is 16.0. The fourth-order valence-corrected chi connectivity index (χ4v) is 6.07. The van der Waals surface area contributed by atoms with Gasteiger partial charge in [-0.05, 0) is 87.4 Å². The summed E-state index contributed by atoms with van der Waals surface area (Å²) < 4.78 is 28.6. The van der Waals surface area contributed by atoms with E-state index in [2.05, 4.69) is 15.0 Å². The molecule has 8 nitrogen and oxygen atoms in total. The van der Waals surface area contributed by atoms with E-state index in [1.54, 1.807) is 29.4 Å². The summed E-state index contributed by atoms with van der Waals surface area (Å²) in [5.74, 6) is -0.236. The van der Waals surface area contributed by atoms with Crippen LogP contribution in [0.25, 0.3) is 0 Å². The van der Waals surface area contributed by atoms with E-state index in [1.807, 2.05) is 34.6 Å². The number of hydrogen-bond donors (Lipinski definition) is 2. The highest BCUT2D eigenvalue weighted by atomic mass is 32.2. The maximum atomic E-state index is 13.0. The van der Waals surface area contributed by atoms with E-state index in [0.29, 0.717) is 36.4 Å². The lowest BCUT2D eigenvalue weighted by Crippen LogP contribution is -2.47. The SMILES string of the molecule is Cc1c(C)c(C)c(S(=O)(=O)NCCC(=O)NC2CCN(C(=O)c3ccncc3)CC2)c(C)c1C. The van der Waals surface area contributed by atoms with Gasteiger partial charge >= 0.3 is 0 Å². The van der Waals surface area contributed by atoms with Crippen molar-refractivity contribution >= 4 is 21.8 Å². The fourth-order valence-electron chi connectivity index (χ4n) is 4.44. The third-order valence-electron chi connectivity index (χ3n) is 6.92. The highest BCUT2D eigenvalue weighted by Crippen LogP contribution is 2.29. The van der Waals surface area contributed by atoms with Crippen molar-refractivity contribution < 1.29 is 18.0 Å². The molecule has 1 fully saturated rings. The summed E-state index contributed by atoms with van der Waals surface area (Å²) in [5.41, 5.74) is 5.12. The summed E-state index contributed by atoms with van der Waals surface area (Å²) in [4.78, 5) is 31.0. The molecule has 2 heterocycles. The number of pyridine rings is 1. The van der Waals surface area contributed by atoms with Crippen molar-refractivity contribution in [2.75, 3.05) is 19.6 Å². The van der Waals surface area contributed by atoms with Crippen molar-refractivity contribution in [1.29, 1.82) is 0 Å². The molecule has 0 aliphatic carbocycles. The summed E-state index contributed by atoms with van der Waals surface area (Å²) in [6.07, 6.45) is 4.57. The molecule has 1 aromatic heterocycles. The van der Waals surface area contributed by atoms with Gasteiger partial charge in [-0.1, -0.05) is 0 Å². The monoisotopic (exact) mass is 486 g/mol. The highest BCUT2D eigenvalue weighted by molar-refractivity contribution is 7.89. The molecular weight excluding hydrogens is 452 g/mol. The number of carbonyl (C=O) groups is 2. The van der Waals surface area contributed by atoms with Crippen LogP contribution in [0.5, 0.6) is 0 Å². The molecule has 1 aliphatic rings. The summed E-state index contributed by atoms with van der Waals surface area (Å²) in [6.45, 7) is 10.6. The first-order valence-corrected chi connectivity index (χ1v) is 13.1. The molecule has 2 N–H and O–H groups in total. The molecular formula is C25H34N4O4S. The first-order valence-electron chi connectivity index (χ1n) is 11.6. The van der Waals surface area contributed by atoms with E-state index in [1.165, 1.54) is 0 Å². The Labute approximate surface area is 202 Å². The minimum absolute atomic E-state index is 0.0262. The molecule has 184 valence electrons. The molecule has 0 atom stereocenters. The van der Waals surface area contributed by atoms with E-state index in [9.17, 15) is 18.0 Å².